The maximum absolute atomic E-state index is 13.1. The molecule has 1 fully saturated rings. The van der Waals surface area contributed by atoms with E-state index in [2.05, 4.69) is 21.9 Å². The minimum Gasteiger partial charge on any atom is -0.376 e. The molecule has 3 aromatic rings. The van der Waals surface area contributed by atoms with E-state index in [1.54, 1.807) is 6.33 Å². The van der Waals surface area contributed by atoms with Crippen molar-refractivity contribution in [2.75, 3.05) is 19.7 Å². The number of hydrogen-bond acceptors (Lipinski definition) is 3. The maximum atomic E-state index is 13.1. The number of nitrogens with one attached hydrogen (secondary N) is 2. The lowest BCUT2D eigenvalue weighted by atomic mass is 10.0. The van der Waals surface area contributed by atoms with Crippen LogP contribution in [0.2, 0.25) is 0 Å². The van der Waals surface area contributed by atoms with Crippen molar-refractivity contribution in [2.45, 2.75) is 32.3 Å². The number of carbonyl (C=O) groups excluding carboxylic acids is 1. The molecular weight excluding hydrogens is 340 g/mol. The van der Waals surface area contributed by atoms with E-state index in [-0.39, 0.29) is 12.0 Å². The van der Waals surface area contributed by atoms with Crippen molar-refractivity contribution >= 4 is 16.9 Å². The molecule has 0 unspecified atom stereocenters. The highest BCUT2D eigenvalue weighted by atomic mass is 16.5. The van der Waals surface area contributed by atoms with Gasteiger partial charge in [0.2, 0.25) is 12.0 Å². The zero-order chi connectivity index (χ0) is 18.6. The Morgan fingerprint density at radius 3 is 3.22 bits per heavy atom. The predicted molar refractivity (Wildman–Crippen MR) is 103 cm³/mol. The van der Waals surface area contributed by atoms with Gasteiger partial charge in [-0.15, -0.1) is 4.98 Å². The average molecular weight is 365 g/mol. The van der Waals surface area contributed by atoms with Crippen molar-refractivity contribution in [1.29, 1.82) is 0 Å². The van der Waals surface area contributed by atoms with Gasteiger partial charge in [0.05, 0.1) is 17.7 Å². The van der Waals surface area contributed by atoms with Gasteiger partial charge in [0, 0.05) is 30.8 Å². The summed E-state index contributed by atoms with van der Waals surface area (Å²) in [4.78, 5) is 25.7. The van der Waals surface area contributed by atoms with Crippen LogP contribution in [0.1, 0.15) is 36.5 Å². The first-order valence-electron chi connectivity index (χ1n) is 9.61. The second kappa shape index (κ2) is 7.88. The summed E-state index contributed by atoms with van der Waals surface area (Å²) in [5, 5.41) is 1.01. The maximum Gasteiger partial charge on any atom is 0.253 e. The van der Waals surface area contributed by atoms with E-state index in [0.29, 0.717) is 12.1 Å². The number of H-pyrrole nitrogens is 2. The Kier molecular flexibility index (Phi) is 5.16. The zero-order valence-electron chi connectivity index (χ0n) is 15.6. The lowest BCUT2D eigenvalue weighted by molar-refractivity contribution is -0.352. The van der Waals surface area contributed by atoms with E-state index in [1.807, 2.05) is 41.4 Å². The third-order valence-corrected chi connectivity index (χ3v) is 5.01. The van der Waals surface area contributed by atoms with Crippen LogP contribution in [0.3, 0.4) is 0 Å². The van der Waals surface area contributed by atoms with Gasteiger partial charge in [0.15, 0.2) is 5.69 Å². The van der Waals surface area contributed by atoms with Crippen molar-refractivity contribution in [3.05, 3.63) is 48.4 Å². The molecule has 2 N–H and O–H groups in total. The van der Waals surface area contributed by atoms with Crippen LogP contribution in [0.4, 0.5) is 0 Å². The number of carbonyl (C=O) groups is 1. The van der Waals surface area contributed by atoms with Crippen molar-refractivity contribution in [3.63, 3.8) is 0 Å². The lowest BCUT2D eigenvalue weighted by Crippen LogP contribution is -2.43. The summed E-state index contributed by atoms with van der Waals surface area (Å²) in [5.41, 5.74) is 3.42. The molecule has 27 heavy (non-hydrogen) atoms. The molecule has 0 saturated carbocycles. The summed E-state index contributed by atoms with van der Waals surface area (Å²) in [5.74, 6) is 0.0643. The number of fused-ring (bicyclic) bond motifs is 1. The largest absolute Gasteiger partial charge is 0.376 e. The van der Waals surface area contributed by atoms with Crippen LogP contribution < -0.4 is 4.98 Å². The highest BCUT2D eigenvalue weighted by Gasteiger charge is 2.25. The van der Waals surface area contributed by atoms with Crippen LogP contribution in [-0.4, -0.2) is 46.6 Å². The molecule has 0 spiro atoms. The van der Waals surface area contributed by atoms with E-state index < -0.39 is 0 Å². The Balaban J connectivity index is 1.57. The standard InChI is InChI=1S/C21H24N4O2/c1-2-11-27-17-7-4-10-25(13-17)21(26)16-6-3-5-15(12-16)19-18-8-9-22-20(18)24-14-23-19/h3,5-6,8-9,12,14,17H,2,4,7,10-11,13H2,1H3,(H,22,23,24)/p+1/t17-/m1/s1. The van der Waals surface area contributed by atoms with Gasteiger partial charge >= 0.3 is 0 Å². The molecule has 3 heterocycles. The van der Waals surface area contributed by atoms with Crippen LogP contribution in [0.15, 0.2) is 42.9 Å². The number of rotatable bonds is 5. The Morgan fingerprint density at radius 1 is 1.41 bits per heavy atom. The molecular formula is C21H25N4O2+. The number of ether oxygens (including phenoxy) is 1. The SMILES string of the molecule is CCCO[C@@H]1CCCN(C(=O)c2cccc(-c3nc[nH+]c4[nH]ccc34)c2)C1. The molecule has 4 rings (SSSR count). The number of benzene rings is 1. The molecule has 6 nitrogen and oxygen atoms in total. The van der Waals surface area contributed by atoms with Gasteiger partial charge in [-0.1, -0.05) is 19.1 Å². The van der Waals surface area contributed by atoms with Gasteiger partial charge in [-0.05, 0) is 37.5 Å². The molecule has 2 aromatic heterocycles. The van der Waals surface area contributed by atoms with E-state index in [0.717, 1.165) is 54.7 Å². The summed E-state index contributed by atoms with van der Waals surface area (Å²) in [6.45, 7) is 4.32. The number of nitrogens with zero attached hydrogens (tertiary/aromatic N) is 2. The van der Waals surface area contributed by atoms with Crippen molar-refractivity contribution in [1.82, 2.24) is 14.9 Å². The van der Waals surface area contributed by atoms with Crippen molar-refractivity contribution < 1.29 is 14.5 Å². The predicted octanol–water partition coefficient (Wildman–Crippen LogP) is 3.08. The first-order valence-corrected chi connectivity index (χ1v) is 9.61. The van der Waals surface area contributed by atoms with Crippen LogP contribution in [0.25, 0.3) is 22.3 Å². The third kappa shape index (κ3) is 3.71. The fraction of sp³-hybridized carbons (Fsp3) is 0.381. The van der Waals surface area contributed by atoms with Crippen LogP contribution in [-0.2, 0) is 4.74 Å². The van der Waals surface area contributed by atoms with Gasteiger partial charge in [-0.2, -0.15) is 0 Å². The molecule has 0 aliphatic carbocycles. The molecule has 1 amide bonds. The van der Waals surface area contributed by atoms with E-state index >= 15 is 0 Å². The van der Waals surface area contributed by atoms with Crippen molar-refractivity contribution in [3.8, 4) is 11.3 Å². The molecule has 0 radical (unpaired) electrons. The minimum absolute atomic E-state index is 0.0643. The summed E-state index contributed by atoms with van der Waals surface area (Å²) in [6.07, 6.45) is 6.71. The summed E-state index contributed by atoms with van der Waals surface area (Å²) >= 11 is 0. The summed E-state index contributed by atoms with van der Waals surface area (Å²) in [6, 6.07) is 9.73. The Morgan fingerprint density at radius 2 is 2.33 bits per heavy atom. The molecule has 1 atom stereocenters. The van der Waals surface area contributed by atoms with Crippen LogP contribution >= 0.6 is 0 Å². The number of piperidine rings is 1. The van der Waals surface area contributed by atoms with E-state index in [9.17, 15) is 4.79 Å². The van der Waals surface area contributed by atoms with Gasteiger partial charge in [-0.25, -0.2) is 4.98 Å². The Labute approximate surface area is 158 Å². The fourth-order valence-corrected chi connectivity index (χ4v) is 3.67. The first kappa shape index (κ1) is 17.7. The van der Waals surface area contributed by atoms with Crippen LogP contribution in [0, 0.1) is 0 Å². The molecule has 0 bridgehead atoms. The third-order valence-electron chi connectivity index (χ3n) is 5.01. The molecule has 1 saturated heterocycles. The molecule has 6 heteroatoms. The van der Waals surface area contributed by atoms with E-state index in [4.69, 9.17) is 4.74 Å². The highest BCUT2D eigenvalue weighted by Crippen LogP contribution is 2.25. The average Bonchev–Trinajstić information content (AvgIpc) is 3.21. The molecule has 140 valence electrons. The molecule has 1 aliphatic heterocycles. The summed E-state index contributed by atoms with van der Waals surface area (Å²) < 4.78 is 5.87. The monoisotopic (exact) mass is 365 g/mol. The number of aromatic amines is 2. The van der Waals surface area contributed by atoms with Crippen molar-refractivity contribution in [2.24, 2.45) is 0 Å². The number of hydrogen-bond donors (Lipinski definition) is 1. The minimum atomic E-state index is 0.0643. The quantitative estimate of drug-likeness (QED) is 0.755. The van der Waals surface area contributed by atoms with Gasteiger partial charge in [0.1, 0.15) is 0 Å². The fourth-order valence-electron chi connectivity index (χ4n) is 3.67. The van der Waals surface area contributed by atoms with Crippen LogP contribution in [0.5, 0.6) is 0 Å². The Bertz CT molecular complexity index is 937. The highest BCUT2D eigenvalue weighted by molar-refractivity contribution is 5.97. The van der Waals surface area contributed by atoms with Gasteiger partial charge < -0.3 is 9.64 Å². The smallest absolute Gasteiger partial charge is 0.253 e. The zero-order valence-corrected chi connectivity index (χ0v) is 15.6. The lowest BCUT2D eigenvalue weighted by Gasteiger charge is -2.32. The Hall–Kier alpha value is -2.73. The molecule has 1 aliphatic rings. The van der Waals surface area contributed by atoms with Gasteiger partial charge in [0.25, 0.3) is 5.91 Å². The summed E-state index contributed by atoms with van der Waals surface area (Å²) in [7, 11) is 0. The number of likely N-dealkylation sites (tertiary alicyclic amines) is 1. The second-order valence-corrected chi connectivity index (χ2v) is 6.98. The second-order valence-electron chi connectivity index (χ2n) is 6.98. The number of aromatic nitrogens is 3. The molecule has 1 aromatic carbocycles. The van der Waals surface area contributed by atoms with E-state index in [1.165, 1.54) is 0 Å². The van der Waals surface area contributed by atoms with Gasteiger partial charge in [-0.3, -0.25) is 9.78 Å². The number of amides is 1. The first-order chi connectivity index (χ1) is 13.3. The topological polar surface area (TPSA) is 72.4 Å². The normalized spacial score (nSPS) is 17.4.